The first-order valence-electron chi connectivity index (χ1n) is 5.15. The second-order valence-corrected chi connectivity index (χ2v) is 3.97. The highest BCUT2D eigenvalue weighted by atomic mass is 15.1. The Bertz CT molecular complexity index is 479. The standard InChI is InChI=1S/C12H15N3/c1-8-3-4-11-10(5-8)6-12(15-14-11)9(2)7-13/h3-6,9H,7,13H2,1-2H3. The van der Waals surface area contributed by atoms with Crippen molar-refractivity contribution in [3.8, 4) is 0 Å². The van der Waals surface area contributed by atoms with E-state index in [0.29, 0.717) is 6.54 Å². The van der Waals surface area contributed by atoms with Crippen LogP contribution >= 0.6 is 0 Å². The fourth-order valence-electron chi connectivity index (χ4n) is 1.54. The Kier molecular flexibility index (Phi) is 2.64. The van der Waals surface area contributed by atoms with E-state index in [2.05, 4.69) is 36.2 Å². The molecule has 0 radical (unpaired) electrons. The molecule has 0 bridgehead atoms. The smallest absolute Gasteiger partial charge is 0.0930 e. The van der Waals surface area contributed by atoms with E-state index in [1.807, 2.05) is 12.1 Å². The lowest BCUT2D eigenvalue weighted by atomic mass is 10.1. The molecule has 1 atom stereocenters. The maximum atomic E-state index is 5.61. The van der Waals surface area contributed by atoms with Crippen molar-refractivity contribution in [2.45, 2.75) is 19.8 Å². The van der Waals surface area contributed by atoms with E-state index in [0.717, 1.165) is 16.6 Å². The second kappa shape index (κ2) is 3.95. The molecule has 0 aliphatic carbocycles. The van der Waals surface area contributed by atoms with Gasteiger partial charge in [-0.15, -0.1) is 0 Å². The molecule has 3 heteroatoms. The van der Waals surface area contributed by atoms with Crippen molar-refractivity contribution in [2.75, 3.05) is 6.54 Å². The topological polar surface area (TPSA) is 51.8 Å². The van der Waals surface area contributed by atoms with Gasteiger partial charge in [-0.3, -0.25) is 0 Å². The van der Waals surface area contributed by atoms with Crippen molar-refractivity contribution in [2.24, 2.45) is 5.73 Å². The first-order chi connectivity index (χ1) is 7.20. The molecule has 2 N–H and O–H groups in total. The monoisotopic (exact) mass is 201 g/mol. The molecule has 0 aliphatic heterocycles. The van der Waals surface area contributed by atoms with Crippen LogP contribution in [0.2, 0.25) is 0 Å². The summed E-state index contributed by atoms with van der Waals surface area (Å²) in [4.78, 5) is 0. The van der Waals surface area contributed by atoms with Crippen molar-refractivity contribution in [1.29, 1.82) is 0 Å². The fraction of sp³-hybridized carbons (Fsp3) is 0.333. The van der Waals surface area contributed by atoms with E-state index in [4.69, 9.17) is 5.73 Å². The first kappa shape index (κ1) is 10.1. The van der Waals surface area contributed by atoms with Gasteiger partial charge in [-0.2, -0.15) is 10.2 Å². The minimum Gasteiger partial charge on any atom is -0.330 e. The Labute approximate surface area is 89.3 Å². The third kappa shape index (κ3) is 1.97. The van der Waals surface area contributed by atoms with E-state index in [-0.39, 0.29) is 5.92 Å². The molecule has 1 heterocycles. The van der Waals surface area contributed by atoms with Gasteiger partial charge in [0.15, 0.2) is 0 Å². The van der Waals surface area contributed by atoms with Crippen LogP contribution in [0.4, 0.5) is 0 Å². The van der Waals surface area contributed by atoms with Gasteiger partial charge in [-0.25, -0.2) is 0 Å². The number of fused-ring (bicyclic) bond motifs is 1. The summed E-state index contributed by atoms with van der Waals surface area (Å²) in [6, 6.07) is 8.24. The van der Waals surface area contributed by atoms with Crippen LogP contribution in [-0.2, 0) is 0 Å². The average molecular weight is 201 g/mol. The molecule has 1 aromatic heterocycles. The minimum absolute atomic E-state index is 0.266. The van der Waals surface area contributed by atoms with Gasteiger partial charge >= 0.3 is 0 Å². The largest absolute Gasteiger partial charge is 0.330 e. The number of hydrogen-bond acceptors (Lipinski definition) is 3. The third-order valence-corrected chi connectivity index (χ3v) is 2.62. The van der Waals surface area contributed by atoms with Gasteiger partial charge in [0.1, 0.15) is 0 Å². The van der Waals surface area contributed by atoms with Gasteiger partial charge < -0.3 is 5.73 Å². The second-order valence-electron chi connectivity index (χ2n) is 3.97. The molecule has 2 aromatic rings. The van der Waals surface area contributed by atoms with Gasteiger partial charge in [0.05, 0.1) is 11.2 Å². The zero-order valence-electron chi connectivity index (χ0n) is 9.07. The number of nitrogens with zero attached hydrogens (tertiary/aromatic N) is 2. The minimum atomic E-state index is 0.266. The molecule has 0 amide bonds. The summed E-state index contributed by atoms with van der Waals surface area (Å²) in [5.41, 5.74) is 8.75. The summed E-state index contributed by atoms with van der Waals surface area (Å²) in [7, 11) is 0. The van der Waals surface area contributed by atoms with E-state index in [9.17, 15) is 0 Å². The average Bonchev–Trinajstić information content (AvgIpc) is 2.27. The zero-order chi connectivity index (χ0) is 10.8. The summed E-state index contributed by atoms with van der Waals surface area (Å²) in [5, 5.41) is 9.50. The van der Waals surface area contributed by atoms with Crippen molar-refractivity contribution in [1.82, 2.24) is 10.2 Å². The molecule has 0 aliphatic rings. The van der Waals surface area contributed by atoms with Crippen LogP contribution in [0.3, 0.4) is 0 Å². The van der Waals surface area contributed by atoms with Crippen LogP contribution in [-0.4, -0.2) is 16.7 Å². The number of benzene rings is 1. The molecule has 15 heavy (non-hydrogen) atoms. The molecule has 3 nitrogen and oxygen atoms in total. The normalized spacial score (nSPS) is 13.0. The van der Waals surface area contributed by atoms with Crippen LogP contribution in [0, 0.1) is 6.92 Å². The maximum absolute atomic E-state index is 5.61. The molecule has 1 unspecified atom stereocenters. The van der Waals surface area contributed by atoms with E-state index in [1.54, 1.807) is 0 Å². The third-order valence-electron chi connectivity index (χ3n) is 2.62. The Morgan fingerprint density at radius 1 is 1.27 bits per heavy atom. The van der Waals surface area contributed by atoms with Crippen LogP contribution < -0.4 is 5.73 Å². The Morgan fingerprint density at radius 2 is 2.07 bits per heavy atom. The predicted molar refractivity (Wildman–Crippen MR) is 61.7 cm³/mol. The number of aromatic nitrogens is 2. The molecule has 1 aromatic carbocycles. The summed E-state index contributed by atoms with van der Waals surface area (Å²) in [5.74, 6) is 0.266. The lowest BCUT2D eigenvalue weighted by molar-refractivity contribution is 0.729. The van der Waals surface area contributed by atoms with E-state index < -0.39 is 0 Å². The lowest BCUT2D eigenvalue weighted by Crippen LogP contribution is -2.10. The number of rotatable bonds is 2. The summed E-state index contributed by atoms with van der Waals surface area (Å²) >= 11 is 0. The van der Waals surface area contributed by atoms with Gasteiger partial charge in [-0.05, 0) is 25.1 Å². The highest BCUT2D eigenvalue weighted by Crippen LogP contribution is 2.17. The molecule has 78 valence electrons. The zero-order valence-corrected chi connectivity index (χ0v) is 9.07. The number of hydrogen-bond donors (Lipinski definition) is 1. The number of aryl methyl sites for hydroxylation is 1. The van der Waals surface area contributed by atoms with Crippen LogP contribution in [0.25, 0.3) is 10.9 Å². The Hall–Kier alpha value is -1.48. The maximum Gasteiger partial charge on any atom is 0.0930 e. The van der Waals surface area contributed by atoms with Crippen molar-refractivity contribution in [3.63, 3.8) is 0 Å². The Balaban J connectivity index is 2.54. The van der Waals surface area contributed by atoms with Crippen molar-refractivity contribution >= 4 is 10.9 Å². The number of nitrogens with two attached hydrogens (primary N) is 1. The van der Waals surface area contributed by atoms with E-state index in [1.165, 1.54) is 5.56 Å². The summed E-state index contributed by atoms with van der Waals surface area (Å²) in [6.07, 6.45) is 0. The molecule has 0 spiro atoms. The van der Waals surface area contributed by atoms with Crippen LogP contribution in [0.5, 0.6) is 0 Å². The molecule has 0 fully saturated rings. The lowest BCUT2D eigenvalue weighted by Gasteiger charge is -2.07. The van der Waals surface area contributed by atoms with Crippen molar-refractivity contribution < 1.29 is 0 Å². The van der Waals surface area contributed by atoms with Crippen LogP contribution in [0.1, 0.15) is 24.1 Å². The quantitative estimate of drug-likeness (QED) is 0.808. The van der Waals surface area contributed by atoms with Crippen molar-refractivity contribution in [3.05, 3.63) is 35.5 Å². The molecule has 2 rings (SSSR count). The Morgan fingerprint density at radius 3 is 2.80 bits per heavy atom. The summed E-state index contributed by atoms with van der Waals surface area (Å²) in [6.45, 7) is 4.74. The highest BCUT2D eigenvalue weighted by Gasteiger charge is 2.06. The molecule has 0 saturated carbocycles. The van der Waals surface area contributed by atoms with Gasteiger partial charge in [0.25, 0.3) is 0 Å². The summed E-state index contributed by atoms with van der Waals surface area (Å²) < 4.78 is 0. The molecular formula is C12H15N3. The van der Waals surface area contributed by atoms with E-state index >= 15 is 0 Å². The predicted octanol–water partition coefficient (Wildman–Crippen LogP) is 2.00. The molecular weight excluding hydrogens is 186 g/mol. The first-order valence-corrected chi connectivity index (χ1v) is 5.15. The fourth-order valence-corrected chi connectivity index (χ4v) is 1.54. The molecule has 0 saturated heterocycles. The van der Waals surface area contributed by atoms with Gasteiger partial charge in [0, 0.05) is 17.8 Å². The highest BCUT2D eigenvalue weighted by molar-refractivity contribution is 5.78. The van der Waals surface area contributed by atoms with Gasteiger partial charge in [0.2, 0.25) is 0 Å². The van der Waals surface area contributed by atoms with Gasteiger partial charge in [-0.1, -0.05) is 18.6 Å². The van der Waals surface area contributed by atoms with Crippen LogP contribution in [0.15, 0.2) is 24.3 Å². The SMILES string of the molecule is Cc1ccc2nnc(C(C)CN)cc2c1.